The standard InChI is InChI=1S/C12H14ClF3N2/c13-9-3-8(4-10(17)5-9)6-18(11-1-2-11)7-12(14,15)16/h3-5,11H,1-2,6-7,17H2. The summed E-state index contributed by atoms with van der Waals surface area (Å²) in [5.41, 5.74) is 6.82. The van der Waals surface area contributed by atoms with E-state index in [1.165, 1.54) is 4.90 Å². The molecule has 2 rings (SSSR count). The fourth-order valence-corrected chi connectivity index (χ4v) is 2.25. The van der Waals surface area contributed by atoms with Crippen LogP contribution in [0.1, 0.15) is 18.4 Å². The van der Waals surface area contributed by atoms with Crippen LogP contribution in [0.3, 0.4) is 0 Å². The highest BCUT2D eigenvalue weighted by atomic mass is 35.5. The summed E-state index contributed by atoms with van der Waals surface area (Å²) >= 11 is 5.84. The molecule has 0 aliphatic heterocycles. The monoisotopic (exact) mass is 278 g/mol. The van der Waals surface area contributed by atoms with E-state index in [2.05, 4.69) is 0 Å². The molecule has 0 amide bonds. The number of hydrogen-bond donors (Lipinski definition) is 1. The smallest absolute Gasteiger partial charge is 0.399 e. The van der Waals surface area contributed by atoms with E-state index in [-0.39, 0.29) is 12.6 Å². The maximum Gasteiger partial charge on any atom is 0.401 e. The molecule has 0 atom stereocenters. The fourth-order valence-electron chi connectivity index (χ4n) is 1.99. The molecule has 2 nitrogen and oxygen atoms in total. The highest BCUT2D eigenvalue weighted by molar-refractivity contribution is 6.30. The molecule has 1 aromatic rings. The van der Waals surface area contributed by atoms with E-state index in [0.717, 1.165) is 18.4 Å². The molecule has 1 aliphatic rings. The van der Waals surface area contributed by atoms with Gasteiger partial charge in [-0.05, 0) is 36.6 Å². The second-order valence-electron chi connectivity index (χ2n) is 4.64. The topological polar surface area (TPSA) is 29.3 Å². The molecule has 1 saturated carbocycles. The van der Waals surface area contributed by atoms with Gasteiger partial charge in [0.25, 0.3) is 0 Å². The van der Waals surface area contributed by atoms with Crippen molar-refractivity contribution in [3.8, 4) is 0 Å². The summed E-state index contributed by atoms with van der Waals surface area (Å²) in [6.07, 6.45) is -2.52. The highest BCUT2D eigenvalue weighted by Crippen LogP contribution is 2.32. The van der Waals surface area contributed by atoms with Crippen LogP contribution in [-0.4, -0.2) is 23.7 Å². The zero-order valence-electron chi connectivity index (χ0n) is 9.67. The molecule has 1 aliphatic carbocycles. The molecule has 0 saturated heterocycles. The van der Waals surface area contributed by atoms with Gasteiger partial charge in [-0.15, -0.1) is 0 Å². The number of rotatable bonds is 4. The summed E-state index contributed by atoms with van der Waals surface area (Å²) in [5.74, 6) is 0. The predicted octanol–water partition coefficient (Wildman–Crippen LogP) is 3.45. The van der Waals surface area contributed by atoms with E-state index in [4.69, 9.17) is 17.3 Å². The molecule has 0 spiro atoms. The fraction of sp³-hybridized carbons (Fsp3) is 0.500. The third kappa shape index (κ3) is 4.07. The first-order valence-electron chi connectivity index (χ1n) is 5.69. The van der Waals surface area contributed by atoms with Crippen molar-refractivity contribution in [1.82, 2.24) is 4.90 Å². The second kappa shape index (κ2) is 4.97. The first-order chi connectivity index (χ1) is 8.33. The summed E-state index contributed by atoms with van der Waals surface area (Å²) in [6.45, 7) is -0.654. The van der Waals surface area contributed by atoms with Gasteiger partial charge >= 0.3 is 6.18 Å². The number of nitrogens with zero attached hydrogens (tertiary/aromatic N) is 1. The van der Waals surface area contributed by atoms with Gasteiger partial charge in [-0.2, -0.15) is 13.2 Å². The minimum absolute atomic E-state index is 0.0341. The third-order valence-corrected chi connectivity index (χ3v) is 3.03. The summed E-state index contributed by atoms with van der Waals surface area (Å²) < 4.78 is 37.4. The molecule has 6 heteroatoms. The molecule has 0 bridgehead atoms. The zero-order valence-corrected chi connectivity index (χ0v) is 10.4. The van der Waals surface area contributed by atoms with E-state index < -0.39 is 12.7 Å². The molecule has 0 heterocycles. The van der Waals surface area contributed by atoms with Gasteiger partial charge < -0.3 is 5.73 Å². The number of benzene rings is 1. The molecule has 18 heavy (non-hydrogen) atoms. The largest absolute Gasteiger partial charge is 0.401 e. The number of anilines is 1. The quantitative estimate of drug-likeness (QED) is 0.855. The van der Waals surface area contributed by atoms with E-state index in [1.54, 1.807) is 18.2 Å². The van der Waals surface area contributed by atoms with Crippen LogP contribution in [0.4, 0.5) is 18.9 Å². The van der Waals surface area contributed by atoms with Crippen LogP contribution in [-0.2, 0) is 6.54 Å². The van der Waals surface area contributed by atoms with E-state index >= 15 is 0 Å². The Balaban J connectivity index is 2.08. The van der Waals surface area contributed by atoms with Gasteiger partial charge in [0.1, 0.15) is 0 Å². The van der Waals surface area contributed by atoms with Gasteiger partial charge in [0.05, 0.1) is 6.54 Å². The summed E-state index contributed by atoms with van der Waals surface area (Å²) in [7, 11) is 0. The first kappa shape index (κ1) is 13.5. The Labute approximate surface area is 109 Å². The zero-order chi connectivity index (χ0) is 13.3. The van der Waals surface area contributed by atoms with Crippen molar-refractivity contribution in [2.75, 3.05) is 12.3 Å². The molecule has 0 radical (unpaired) electrons. The maximum absolute atomic E-state index is 12.5. The van der Waals surface area contributed by atoms with E-state index in [9.17, 15) is 13.2 Å². The Morgan fingerprint density at radius 3 is 2.44 bits per heavy atom. The Bertz CT molecular complexity index is 410. The van der Waals surface area contributed by atoms with Crippen molar-refractivity contribution < 1.29 is 13.2 Å². The Kier molecular flexibility index (Phi) is 3.73. The first-order valence-corrected chi connectivity index (χ1v) is 6.07. The lowest BCUT2D eigenvalue weighted by molar-refractivity contribution is -0.148. The van der Waals surface area contributed by atoms with Gasteiger partial charge in [-0.25, -0.2) is 0 Å². The molecule has 1 aromatic carbocycles. The van der Waals surface area contributed by atoms with Crippen LogP contribution >= 0.6 is 11.6 Å². The summed E-state index contributed by atoms with van der Waals surface area (Å²) in [4.78, 5) is 1.44. The molecular weight excluding hydrogens is 265 g/mol. The van der Waals surface area contributed by atoms with Gasteiger partial charge in [0, 0.05) is 23.3 Å². The molecule has 0 unspecified atom stereocenters. The average molecular weight is 279 g/mol. The SMILES string of the molecule is Nc1cc(Cl)cc(CN(CC(F)(F)F)C2CC2)c1. The molecule has 1 fully saturated rings. The van der Waals surface area contributed by atoms with Gasteiger partial charge in [0.15, 0.2) is 0 Å². The van der Waals surface area contributed by atoms with Gasteiger partial charge in [-0.3, -0.25) is 4.90 Å². The van der Waals surface area contributed by atoms with Crippen molar-refractivity contribution in [3.63, 3.8) is 0 Å². The van der Waals surface area contributed by atoms with Crippen LogP contribution in [0.25, 0.3) is 0 Å². The van der Waals surface area contributed by atoms with Gasteiger partial charge in [-0.1, -0.05) is 11.6 Å². The Morgan fingerprint density at radius 2 is 1.94 bits per heavy atom. The number of hydrogen-bond acceptors (Lipinski definition) is 2. The van der Waals surface area contributed by atoms with Crippen LogP contribution in [0.2, 0.25) is 5.02 Å². The van der Waals surface area contributed by atoms with Crippen LogP contribution in [0.5, 0.6) is 0 Å². The number of nitrogen functional groups attached to an aromatic ring is 1. The summed E-state index contributed by atoms with van der Waals surface area (Å²) in [6, 6.07) is 4.93. The van der Waals surface area contributed by atoms with Crippen LogP contribution in [0.15, 0.2) is 18.2 Å². The summed E-state index contributed by atoms with van der Waals surface area (Å²) in [5, 5.41) is 0.452. The Hall–Kier alpha value is -0.940. The average Bonchev–Trinajstić information content (AvgIpc) is 2.94. The lowest BCUT2D eigenvalue weighted by Crippen LogP contribution is -2.35. The minimum atomic E-state index is -4.17. The normalized spacial score (nSPS) is 16.3. The van der Waals surface area contributed by atoms with E-state index in [0.29, 0.717) is 10.7 Å². The predicted molar refractivity (Wildman–Crippen MR) is 65.4 cm³/mol. The van der Waals surface area contributed by atoms with Crippen molar-refractivity contribution in [3.05, 3.63) is 28.8 Å². The van der Waals surface area contributed by atoms with Crippen molar-refractivity contribution in [2.45, 2.75) is 31.6 Å². The minimum Gasteiger partial charge on any atom is -0.399 e. The lowest BCUT2D eigenvalue weighted by Gasteiger charge is -2.23. The van der Waals surface area contributed by atoms with Crippen LogP contribution in [0, 0.1) is 0 Å². The third-order valence-electron chi connectivity index (χ3n) is 2.81. The number of alkyl halides is 3. The number of halogens is 4. The van der Waals surface area contributed by atoms with Crippen molar-refractivity contribution in [1.29, 1.82) is 0 Å². The van der Waals surface area contributed by atoms with Gasteiger partial charge in [0.2, 0.25) is 0 Å². The van der Waals surface area contributed by atoms with Crippen molar-refractivity contribution in [2.24, 2.45) is 0 Å². The molecular formula is C12H14ClF3N2. The Morgan fingerprint density at radius 1 is 1.28 bits per heavy atom. The molecule has 100 valence electrons. The van der Waals surface area contributed by atoms with Crippen molar-refractivity contribution >= 4 is 17.3 Å². The lowest BCUT2D eigenvalue weighted by atomic mass is 10.2. The van der Waals surface area contributed by atoms with E-state index in [1.807, 2.05) is 0 Å². The molecule has 2 N–H and O–H groups in total. The molecule has 0 aromatic heterocycles. The maximum atomic E-state index is 12.5. The highest BCUT2D eigenvalue weighted by Gasteiger charge is 2.37. The van der Waals surface area contributed by atoms with Crippen LogP contribution < -0.4 is 5.73 Å². The second-order valence-corrected chi connectivity index (χ2v) is 5.08. The number of nitrogens with two attached hydrogens (primary N) is 1.